The van der Waals surface area contributed by atoms with Gasteiger partial charge in [-0.05, 0) is 90.0 Å². The zero-order chi connectivity index (χ0) is 33.0. The fourth-order valence-corrected chi connectivity index (χ4v) is 6.81. The molecule has 0 unspecified atom stereocenters. The second-order valence-electron chi connectivity index (χ2n) is 9.81. The van der Waals surface area contributed by atoms with Crippen molar-refractivity contribution < 1.29 is 28.5 Å². The van der Waals surface area contributed by atoms with Gasteiger partial charge in [0.05, 0.1) is 53.6 Å². The molecule has 46 heavy (non-hydrogen) atoms. The van der Waals surface area contributed by atoms with Gasteiger partial charge in [0.2, 0.25) is 0 Å². The highest BCUT2D eigenvalue weighted by molar-refractivity contribution is 14.1. The second-order valence-corrected chi connectivity index (χ2v) is 12.9. The number of thiazole rings is 1. The minimum absolute atomic E-state index is 0.179. The minimum atomic E-state index is -0.823. The third-order valence-corrected chi connectivity index (χ3v) is 9.29. The summed E-state index contributed by atoms with van der Waals surface area (Å²) in [4.78, 5) is 32.0. The predicted molar refractivity (Wildman–Crippen MR) is 186 cm³/mol. The minimum Gasteiger partial charge on any atom is -0.493 e. The summed E-state index contributed by atoms with van der Waals surface area (Å²) in [7, 11) is 2.84. The fraction of sp³-hybridized carbons (Fsp3) is 0.242. The number of ether oxygens (including phenoxy) is 5. The van der Waals surface area contributed by atoms with Crippen LogP contribution in [0.2, 0.25) is 10.0 Å². The normalized spacial score (nSPS) is 14.2. The Morgan fingerprint density at radius 1 is 0.978 bits per heavy atom. The molecule has 1 aromatic heterocycles. The number of halogens is 3. The highest BCUT2D eigenvalue weighted by atomic mass is 127. The molecule has 0 saturated heterocycles. The molecule has 240 valence electrons. The van der Waals surface area contributed by atoms with Crippen molar-refractivity contribution in [3.63, 3.8) is 0 Å². The third kappa shape index (κ3) is 7.07. The van der Waals surface area contributed by atoms with E-state index >= 15 is 0 Å². The largest absolute Gasteiger partial charge is 0.493 e. The molecule has 0 saturated carbocycles. The van der Waals surface area contributed by atoms with Crippen LogP contribution in [0.15, 0.2) is 70.1 Å². The Balaban J connectivity index is 1.64. The molecule has 1 aliphatic heterocycles. The van der Waals surface area contributed by atoms with Gasteiger partial charge in [0.1, 0.15) is 6.61 Å². The number of hydrogen-bond donors (Lipinski definition) is 0. The van der Waals surface area contributed by atoms with Gasteiger partial charge in [-0.2, -0.15) is 0 Å². The summed E-state index contributed by atoms with van der Waals surface area (Å²) in [6, 6.07) is 13.5. The Hall–Kier alpha value is -3.52. The molecular weight excluding hydrogens is 766 g/mol. The molecule has 0 fully saturated rings. The van der Waals surface area contributed by atoms with Crippen molar-refractivity contribution in [1.82, 2.24) is 4.57 Å². The van der Waals surface area contributed by atoms with Crippen molar-refractivity contribution in [3.05, 3.63) is 110 Å². The Morgan fingerprint density at radius 2 is 1.74 bits per heavy atom. The Kier molecular flexibility index (Phi) is 11.0. The maximum Gasteiger partial charge on any atom is 0.337 e. The monoisotopic (exact) mass is 794 g/mol. The van der Waals surface area contributed by atoms with Crippen molar-refractivity contribution in [2.75, 3.05) is 27.4 Å². The molecule has 5 rings (SSSR count). The van der Waals surface area contributed by atoms with E-state index in [4.69, 9.17) is 46.9 Å². The van der Waals surface area contributed by atoms with Crippen LogP contribution in [0.5, 0.6) is 23.0 Å². The number of aromatic nitrogens is 1. The fourth-order valence-electron chi connectivity index (χ4n) is 4.92. The number of benzene rings is 3. The molecule has 1 atom stereocenters. The van der Waals surface area contributed by atoms with Gasteiger partial charge >= 0.3 is 5.97 Å². The number of esters is 1. The molecule has 0 bridgehead atoms. The highest BCUT2D eigenvalue weighted by Gasteiger charge is 2.31. The summed E-state index contributed by atoms with van der Waals surface area (Å²) in [5.74, 6) is 1.40. The van der Waals surface area contributed by atoms with Crippen LogP contribution in [0.4, 0.5) is 0 Å². The first kappa shape index (κ1) is 33.8. The Labute approximate surface area is 292 Å². The molecule has 1 aliphatic rings. The second kappa shape index (κ2) is 14.9. The maximum absolute atomic E-state index is 14.2. The van der Waals surface area contributed by atoms with Crippen molar-refractivity contribution in [2.24, 2.45) is 4.99 Å². The van der Waals surface area contributed by atoms with Gasteiger partial charge in [0.15, 0.2) is 27.8 Å². The topological polar surface area (TPSA) is 97.6 Å². The van der Waals surface area contributed by atoms with Crippen LogP contribution in [0, 0.1) is 3.57 Å². The molecule has 0 radical (unpaired) electrons. The lowest BCUT2D eigenvalue weighted by Crippen LogP contribution is -2.39. The molecule has 2 heterocycles. The number of rotatable bonds is 11. The number of fused-ring (bicyclic) bond motifs is 1. The van der Waals surface area contributed by atoms with Gasteiger partial charge in [-0.3, -0.25) is 9.36 Å². The lowest BCUT2D eigenvalue weighted by molar-refractivity contribution is -0.136. The van der Waals surface area contributed by atoms with Gasteiger partial charge < -0.3 is 23.7 Å². The number of nitrogens with zero attached hydrogens (tertiary/aromatic N) is 2. The summed E-state index contributed by atoms with van der Waals surface area (Å²) in [5.41, 5.74) is 1.92. The van der Waals surface area contributed by atoms with E-state index in [1.54, 1.807) is 43.5 Å². The summed E-state index contributed by atoms with van der Waals surface area (Å²) >= 11 is 15.7. The van der Waals surface area contributed by atoms with E-state index in [9.17, 15) is 9.59 Å². The number of hydrogen-bond acceptors (Lipinski definition) is 9. The van der Waals surface area contributed by atoms with Gasteiger partial charge in [-0.15, -0.1) is 0 Å². The van der Waals surface area contributed by atoms with E-state index in [0.717, 1.165) is 9.13 Å². The van der Waals surface area contributed by atoms with Crippen LogP contribution in [0.3, 0.4) is 0 Å². The third-order valence-electron chi connectivity index (χ3n) is 6.93. The van der Waals surface area contributed by atoms with Crippen LogP contribution in [-0.4, -0.2) is 38.0 Å². The highest BCUT2D eigenvalue weighted by Crippen LogP contribution is 2.37. The van der Waals surface area contributed by atoms with Gasteiger partial charge in [0, 0.05) is 15.3 Å². The first-order chi connectivity index (χ1) is 22.2. The lowest BCUT2D eigenvalue weighted by Gasteiger charge is -2.23. The summed E-state index contributed by atoms with van der Waals surface area (Å²) in [6.07, 6.45) is 3.18. The Morgan fingerprint density at radius 3 is 2.43 bits per heavy atom. The van der Waals surface area contributed by atoms with Crippen LogP contribution in [0.25, 0.3) is 6.08 Å². The van der Waals surface area contributed by atoms with Crippen LogP contribution >= 0.6 is 57.1 Å². The van der Waals surface area contributed by atoms with E-state index in [-0.39, 0.29) is 17.7 Å². The van der Waals surface area contributed by atoms with Crippen molar-refractivity contribution >= 4 is 69.2 Å². The molecule has 3 aromatic carbocycles. The van der Waals surface area contributed by atoms with E-state index < -0.39 is 12.0 Å². The molecule has 9 nitrogen and oxygen atoms in total. The van der Waals surface area contributed by atoms with Crippen molar-refractivity contribution in [3.8, 4) is 23.0 Å². The van der Waals surface area contributed by atoms with E-state index in [0.29, 0.717) is 66.7 Å². The first-order valence-corrected chi connectivity index (χ1v) is 16.8. The smallest absolute Gasteiger partial charge is 0.337 e. The molecule has 0 N–H and O–H groups in total. The quantitative estimate of drug-likeness (QED) is 0.130. The maximum atomic E-state index is 14.2. The van der Waals surface area contributed by atoms with E-state index in [1.807, 2.05) is 32.0 Å². The van der Waals surface area contributed by atoms with Crippen molar-refractivity contribution in [1.29, 1.82) is 0 Å². The molecule has 0 amide bonds. The first-order valence-electron chi connectivity index (χ1n) is 14.1. The zero-order valence-corrected chi connectivity index (χ0v) is 29.8. The molecular formula is C33H29Cl2IN2O7S. The summed E-state index contributed by atoms with van der Waals surface area (Å²) in [5, 5.41) is 0.863. The van der Waals surface area contributed by atoms with E-state index in [2.05, 4.69) is 27.6 Å². The van der Waals surface area contributed by atoms with Gasteiger partial charge in [0.25, 0.3) is 5.56 Å². The Bertz CT molecular complexity index is 2010. The van der Waals surface area contributed by atoms with Gasteiger partial charge in [-0.1, -0.05) is 46.7 Å². The predicted octanol–water partition coefficient (Wildman–Crippen LogP) is 6.31. The van der Waals surface area contributed by atoms with Crippen LogP contribution < -0.4 is 33.8 Å². The SMILES string of the molecule is CCOc1ccc([C@H]2C(C(=O)OC)=CN=c3s/c(=C/c4cc(I)cc(OC)c4OCc4ccc(Cl)c(Cl)c4)c(=O)n32)cc1OCC. The summed E-state index contributed by atoms with van der Waals surface area (Å²) in [6.45, 7) is 4.78. The number of methoxy groups -OCH3 is 2. The van der Waals surface area contributed by atoms with Gasteiger partial charge in [-0.25, -0.2) is 9.79 Å². The lowest BCUT2D eigenvalue weighted by atomic mass is 9.97. The average molecular weight is 795 g/mol. The van der Waals surface area contributed by atoms with E-state index in [1.165, 1.54) is 29.2 Å². The van der Waals surface area contributed by atoms with Crippen molar-refractivity contribution in [2.45, 2.75) is 26.5 Å². The molecule has 0 spiro atoms. The zero-order valence-electron chi connectivity index (χ0n) is 25.3. The molecule has 13 heteroatoms. The summed E-state index contributed by atoms with van der Waals surface area (Å²) < 4.78 is 31.3. The van der Waals surface area contributed by atoms with Crippen LogP contribution in [0.1, 0.15) is 36.6 Å². The molecule has 0 aliphatic carbocycles. The number of carbonyl (C=O) groups is 1. The molecule has 4 aromatic rings. The average Bonchev–Trinajstić information content (AvgIpc) is 3.36. The van der Waals surface area contributed by atoms with Crippen LogP contribution in [-0.2, 0) is 16.1 Å². The standard InChI is InChI=1S/C33H29Cl2IN2O7S/c1-5-43-25-10-8-19(13-26(25)44-6-2)29-22(32(40)42-4)16-37-33-38(29)31(39)28(46-33)14-20-12-21(36)15-27(41-3)30(20)45-17-18-7-9-23(34)24(35)11-18/h7-16,29H,5-6,17H2,1-4H3/b28-14+/t29-/m0/s1. The number of carbonyl (C=O) groups excluding carboxylic acids is 1.